The molecule has 3 rings (SSSR count). The molecule has 1 aliphatic rings. The van der Waals surface area contributed by atoms with Crippen molar-refractivity contribution in [1.82, 2.24) is 4.98 Å². The molecule has 0 bridgehead atoms. The normalized spacial score (nSPS) is 19.6. The molecule has 1 atom stereocenters. The third-order valence-electron chi connectivity index (χ3n) is 3.44. The number of aromatic amines is 1. The van der Waals surface area contributed by atoms with E-state index in [4.69, 9.17) is 5.11 Å². The summed E-state index contributed by atoms with van der Waals surface area (Å²) in [6.45, 7) is 0. The zero-order chi connectivity index (χ0) is 11.1. The molecule has 0 radical (unpaired) electrons. The summed E-state index contributed by atoms with van der Waals surface area (Å²) in [5, 5.41) is 10.2. The number of hydrogen-bond donors (Lipinski definition) is 2. The summed E-state index contributed by atoms with van der Waals surface area (Å²) in [6.07, 6.45) is 2.25. The summed E-state index contributed by atoms with van der Waals surface area (Å²) in [5.74, 6) is -0.886. The number of aryl methyl sites for hydroxylation is 1. The highest BCUT2D eigenvalue weighted by molar-refractivity contribution is 5.85. The van der Waals surface area contributed by atoms with Crippen LogP contribution in [0.2, 0.25) is 0 Å². The van der Waals surface area contributed by atoms with Gasteiger partial charge in [-0.05, 0) is 30.9 Å². The molecule has 1 aliphatic carbocycles. The lowest BCUT2D eigenvalue weighted by atomic mass is 9.86. The summed E-state index contributed by atoms with van der Waals surface area (Å²) < 4.78 is 0. The van der Waals surface area contributed by atoms with E-state index in [1.165, 1.54) is 16.6 Å². The van der Waals surface area contributed by atoms with Crippen LogP contribution in [0.15, 0.2) is 24.3 Å². The van der Waals surface area contributed by atoms with Gasteiger partial charge < -0.3 is 10.1 Å². The summed E-state index contributed by atoms with van der Waals surface area (Å²) in [7, 11) is 0. The van der Waals surface area contributed by atoms with Gasteiger partial charge in [-0.2, -0.15) is 0 Å². The number of rotatable bonds is 1. The van der Waals surface area contributed by atoms with E-state index in [-0.39, 0.29) is 5.92 Å². The van der Waals surface area contributed by atoms with Gasteiger partial charge in [-0.3, -0.25) is 4.79 Å². The molecular formula is C13H13NO2. The molecule has 0 amide bonds. The largest absolute Gasteiger partial charge is 0.481 e. The van der Waals surface area contributed by atoms with Gasteiger partial charge in [0.2, 0.25) is 0 Å². The number of benzene rings is 1. The minimum atomic E-state index is -0.670. The Hall–Kier alpha value is -1.77. The predicted molar refractivity (Wildman–Crippen MR) is 61.4 cm³/mol. The van der Waals surface area contributed by atoms with Crippen molar-refractivity contribution < 1.29 is 9.90 Å². The molecule has 0 saturated heterocycles. The van der Waals surface area contributed by atoms with Crippen molar-refractivity contribution in [2.75, 3.05) is 0 Å². The van der Waals surface area contributed by atoms with E-state index in [0.717, 1.165) is 18.4 Å². The lowest BCUT2D eigenvalue weighted by Gasteiger charge is -2.18. The van der Waals surface area contributed by atoms with E-state index in [2.05, 4.69) is 11.1 Å². The van der Waals surface area contributed by atoms with E-state index in [0.29, 0.717) is 6.42 Å². The third-order valence-corrected chi connectivity index (χ3v) is 3.44. The topological polar surface area (TPSA) is 53.1 Å². The van der Waals surface area contributed by atoms with Crippen LogP contribution in [0.3, 0.4) is 0 Å². The SMILES string of the molecule is O=C(O)[C@@H]1CCc2[nH]c3ccccc3c2C1. The number of para-hydroxylation sites is 1. The molecule has 1 aromatic carbocycles. The zero-order valence-corrected chi connectivity index (χ0v) is 8.86. The van der Waals surface area contributed by atoms with Crippen LogP contribution in [0.4, 0.5) is 0 Å². The average molecular weight is 215 g/mol. The van der Waals surface area contributed by atoms with Crippen molar-refractivity contribution in [2.45, 2.75) is 19.3 Å². The predicted octanol–water partition coefficient (Wildman–Crippen LogP) is 2.36. The van der Waals surface area contributed by atoms with Gasteiger partial charge in [0.25, 0.3) is 0 Å². The molecule has 0 unspecified atom stereocenters. The maximum absolute atomic E-state index is 11.0. The van der Waals surface area contributed by atoms with Crippen LogP contribution in [0.5, 0.6) is 0 Å². The monoisotopic (exact) mass is 215 g/mol. The van der Waals surface area contributed by atoms with Gasteiger partial charge in [-0.15, -0.1) is 0 Å². The Morgan fingerprint density at radius 1 is 1.38 bits per heavy atom. The lowest BCUT2D eigenvalue weighted by Crippen LogP contribution is -2.21. The van der Waals surface area contributed by atoms with Crippen LogP contribution in [0.1, 0.15) is 17.7 Å². The minimum absolute atomic E-state index is 0.216. The van der Waals surface area contributed by atoms with E-state index >= 15 is 0 Å². The van der Waals surface area contributed by atoms with Crippen molar-refractivity contribution >= 4 is 16.9 Å². The third kappa shape index (κ3) is 1.32. The second-order valence-corrected chi connectivity index (χ2v) is 4.41. The first-order valence-corrected chi connectivity index (χ1v) is 5.57. The van der Waals surface area contributed by atoms with Crippen LogP contribution in [-0.2, 0) is 17.6 Å². The fourth-order valence-electron chi connectivity index (χ4n) is 2.58. The molecule has 82 valence electrons. The summed E-state index contributed by atoms with van der Waals surface area (Å²) in [6, 6.07) is 8.11. The van der Waals surface area contributed by atoms with Crippen molar-refractivity contribution in [1.29, 1.82) is 0 Å². The summed E-state index contributed by atoms with van der Waals surface area (Å²) in [5.41, 5.74) is 3.55. The molecule has 3 heteroatoms. The number of aromatic nitrogens is 1. The van der Waals surface area contributed by atoms with Crippen LogP contribution < -0.4 is 0 Å². The van der Waals surface area contributed by atoms with Crippen LogP contribution in [-0.4, -0.2) is 16.1 Å². The molecule has 0 spiro atoms. The van der Waals surface area contributed by atoms with Crippen LogP contribution >= 0.6 is 0 Å². The zero-order valence-electron chi connectivity index (χ0n) is 8.86. The first kappa shape index (κ1) is 9.46. The molecular weight excluding hydrogens is 202 g/mol. The highest BCUT2D eigenvalue weighted by Crippen LogP contribution is 2.31. The van der Waals surface area contributed by atoms with E-state index in [1.807, 2.05) is 18.2 Å². The first-order chi connectivity index (χ1) is 7.75. The van der Waals surface area contributed by atoms with E-state index in [9.17, 15) is 4.79 Å². The maximum Gasteiger partial charge on any atom is 0.306 e. The van der Waals surface area contributed by atoms with Crippen molar-refractivity contribution in [2.24, 2.45) is 5.92 Å². The number of H-pyrrole nitrogens is 1. The van der Waals surface area contributed by atoms with Crippen molar-refractivity contribution in [3.8, 4) is 0 Å². The highest BCUT2D eigenvalue weighted by atomic mass is 16.4. The summed E-state index contributed by atoms with van der Waals surface area (Å²) in [4.78, 5) is 14.4. The highest BCUT2D eigenvalue weighted by Gasteiger charge is 2.26. The molecule has 0 fully saturated rings. The Balaban J connectivity index is 2.11. The second-order valence-electron chi connectivity index (χ2n) is 4.41. The van der Waals surface area contributed by atoms with Crippen LogP contribution in [0.25, 0.3) is 10.9 Å². The van der Waals surface area contributed by atoms with Crippen LogP contribution in [0, 0.1) is 5.92 Å². The van der Waals surface area contributed by atoms with Gasteiger partial charge in [0, 0.05) is 16.6 Å². The van der Waals surface area contributed by atoms with Gasteiger partial charge >= 0.3 is 5.97 Å². The van der Waals surface area contributed by atoms with Gasteiger partial charge in [-0.1, -0.05) is 18.2 Å². The Kier molecular flexibility index (Phi) is 1.99. The molecule has 0 aliphatic heterocycles. The van der Waals surface area contributed by atoms with Gasteiger partial charge in [0.15, 0.2) is 0 Å². The first-order valence-electron chi connectivity index (χ1n) is 5.57. The molecule has 2 N–H and O–H groups in total. The average Bonchev–Trinajstić information content (AvgIpc) is 2.66. The number of hydrogen-bond acceptors (Lipinski definition) is 1. The number of aliphatic carboxylic acids is 1. The smallest absolute Gasteiger partial charge is 0.306 e. The molecule has 2 aromatic rings. The number of carbonyl (C=O) groups is 1. The van der Waals surface area contributed by atoms with Gasteiger partial charge in [0.05, 0.1) is 5.92 Å². The quantitative estimate of drug-likeness (QED) is 0.767. The lowest BCUT2D eigenvalue weighted by molar-refractivity contribution is -0.142. The Morgan fingerprint density at radius 2 is 2.19 bits per heavy atom. The maximum atomic E-state index is 11.0. The number of carboxylic acid groups (broad SMARTS) is 1. The van der Waals surface area contributed by atoms with E-state index < -0.39 is 5.97 Å². The molecule has 16 heavy (non-hydrogen) atoms. The fraction of sp³-hybridized carbons (Fsp3) is 0.308. The Morgan fingerprint density at radius 3 is 3.00 bits per heavy atom. The standard InChI is InChI=1S/C13H13NO2/c15-13(16)8-5-6-12-10(7-8)9-3-1-2-4-11(9)14-12/h1-4,8,14H,5-7H2,(H,15,16)/t8-/m1/s1. The van der Waals surface area contributed by atoms with E-state index in [1.54, 1.807) is 0 Å². The fourth-order valence-corrected chi connectivity index (χ4v) is 2.58. The van der Waals surface area contributed by atoms with Crippen molar-refractivity contribution in [3.05, 3.63) is 35.5 Å². The van der Waals surface area contributed by atoms with Crippen molar-refractivity contribution in [3.63, 3.8) is 0 Å². The Labute approximate surface area is 93.1 Å². The minimum Gasteiger partial charge on any atom is -0.481 e. The van der Waals surface area contributed by atoms with Gasteiger partial charge in [-0.25, -0.2) is 0 Å². The number of nitrogens with one attached hydrogen (secondary N) is 1. The Bertz CT molecular complexity index is 556. The number of carboxylic acids is 1. The molecule has 0 saturated carbocycles. The second kappa shape index (κ2) is 3.37. The molecule has 1 heterocycles. The molecule has 1 aromatic heterocycles. The van der Waals surface area contributed by atoms with Gasteiger partial charge in [0.1, 0.15) is 0 Å². The summed E-state index contributed by atoms with van der Waals surface area (Å²) >= 11 is 0. The number of fused-ring (bicyclic) bond motifs is 3. The molecule has 3 nitrogen and oxygen atoms in total.